The molecule has 108 valence electrons. The zero-order chi connectivity index (χ0) is 15.4. The molecule has 0 bridgehead atoms. The summed E-state index contributed by atoms with van der Waals surface area (Å²) in [4.78, 5) is 22.6. The minimum atomic E-state index is -0.482. The van der Waals surface area contributed by atoms with Crippen LogP contribution in [0.15, 0.2) is 42.5 Å². The lowest BCUT2D eigenvalue weighted by Gasteiger charge is -2.07. The van der Waals surface area contributed by atoms with E-state index < -0.39 is 4.92 Å². The van der Waals surface area contributed by atoms with Crippen LogP contribution in [0.25, 0.3) is 0 Å². The lowest BCUT2D eigenvalue weighted by molar-refractivity contribution is -0.385. The second-order valence-corrected chi connectivity index (χ2v) is 4.77. The first kappa shape index (κ1) is 14.7. The first-order valence-electron chi connectivity index (χ1n) is 6.66. The summed E-state index contributed by atoms with van der Waals surface area (Å²) in [5.41, 5.74) is 2.55. The molecule has 2 aromatic carbocycles. The Morgan fingerprint density at radius 3 is 2.67 bits per heavy atom. The standard InChI is InChI=1S/C16H16N2O3/c1-3-12-5-4-6-14(9-12)17-16(19)13-8-7-11(2)15(10-13)18(20)21/h4-10H,3H2,1-2H3,(H,17,19). The molecule has 0 saturated carbocycles. The molecule has 0 radical (unpaired) electrons. The van der Waals surface area contributed by atoms with Crippen molar-refractivity contribution in [3.8, 4) is 0 Å². The highest BCUT2D eigenvalue weighted by atomic mass is 16.6. The van der Waals surface area contributed by atoms with Crippen molar-refractivity contribution in [1.29, 1.82) is 0 Å². The van der Waals surface area contributed by atoms with Crippen LogP contribution in [0.2, 0.25) is 0 Å². The van der Waals surface area contributed by atoms with Gasteiger partial charge in [-0.25, -0.2) is 0 Å². The van der Waals surface area contributed by atoms with Crippen LogP contribution in [0.1, 0.15) is 28.4 Å². The van der Waals surface area contributed by atoms with Gasteiger partial charge in [-0.1, -0.05) is 25.1 Å². The van der Waals surface area contributed by atoms with Gasteiger partial charge in [0.1, 0.15) is 0 Å². The minimum Gasteiger partial charge on any atom is -0.322 e. The van der Waals surface area contributed by atoms with Gasteiger partial charge in [0.2, 0.25) is 0 Å². The van der Waals surface area contributed by atoms with Crippen LogP contribution in [-0.2, 0) is 6.42 Å². The van der Waals surface area contributed by atoms with E-state index in [1.165, 1.54) is 6.07 Å². The Balaban J connectivity index is 2.24. The van der Waals surface area contributed by atoms with Crippen molar-refractivity contribution < 1.29 is 9.72 Å². The van der Waals surface area contributed by atoms with Crippen molar-refractivity contribution in [2.24, 2.45) is 0 Å². The summed E-state index contributed by atoms with van der Waals surface area (Å²) in [6.45, 7) is 3.68. The van der Waals surface area contributed by atoms with E-state index in [2.05, 4.69) is 5.32 Å². The summed E-state index contributed by atoms with van der Waals surface area (Å²) in [6.07, 6.45) is 0.875. The number of hydrogen-bond acceptors (Lipinski definition) is 3. The Morgan fingerprint density at radius 2 is 2.00 bits per heavy atom. The molecule has 0 heterocycles. The second kappa shape index (κ2) is 6.17. The number of nitro benzene ring substituents is 1. The molecule has 5 nitrogen and oxygen atoms in total. The van der Waals surface area contributed by atoms with Crippen molar-refractivity contribution in [2.45, 2.75) is 20.3 Å². The SMILES string of the molecule is CCc1cccc(NC(=O)c2ccc(C)c([N+](=O)[O-])c2)c1. The van der Waals surface area contributed by atoms with Crippen LogP contribution in [0, 0.1) is 17.0 Å². The molecule has 5 heteroatoms. The van der Waals surface area contributed by atoms with E-state index in [1.807, 2.05) is 25.1 Å². The molecule has 2 aromatic rings. The number of anilines is 1. The monoisotopic (exact) mass is 284 g/mol. The highest BCUT2D eigenvalue weighted by Crippen LogP contribution is 2.20. The average Bonchev–Trinajstić information content (AvgIpc) is 2.47. The number of carbonyl (C=O) groups excluding carboxylic acids is 1. The Labute approximate surface area is 122 Å². The second-order valence-electron chi connectivity index (χ2n) is 4.77. The third-order valence-corrected chi connectivity index (χ3v) is 3.26. The largest absolute Gasteiger partial charge is 0.322 e. The van der Waals surface area contributed by atoms with Crippen LogP contribution >= 0.6 is 0 Å². The van der Waals surface area contributed by atoms with Gasteiger partial charge in [-0.05, 0) is 37.1 Å². The molecule has 0 aromatic heterocycles. The molecular weight excluding hydrogens is 268 g/mol. The minimum absolute atomic E-state index is 0.0510. The number of nitrogens with one attached hydrogen (secondary N) is 1. The van der Waals surface area contributed by atoms with Crippen molar-refractivity contribution in [3.63, 3.8) is 0 Å². The highest BCUT2D eigenvalue weighted by molar-refractivity contribution is 6.04. The van der Waals surface area contributed by atoms with Gasteiger partial charge in [0, 0.05) is 22.9 Å². The van der Waals surface area contributed by atoms with Crippen molar-refractivity contribution in [3.05, 3.63) is 69.3 Å². The quantitative estimate of drug-likeness (QED) is 0.687. The van der Waals surface area contributed by atoms with Crippen molar-refractivity contribution >= 4 is 17.3 Å². The molecule has 2 rings (SSSR count). The predicted molar refractivity (Wildman–Crippen MR) is 81.6 cm³/mol. The fraction of sp³-hybridized carbons (Fsp3) is 0.188. The molecule has 0 aliphatic heterocycles. The van der Waals surface area contributed by atoms with E-state index in [0.29, 0.717) is 11.3 Å². The van der Waals surface area contributed by atoms with Crippen LogP contribution in [0.5, 0.6) is 0 Å². The first-order chi connectivity index (χ1) is 10.0. The number of aryl methyl sites for hydroxylation is 2. The maximum absolute atomic E-state index is 12.2. The van der Waals surface area contributed by atoms with E-state index >= 15 is 0 Å². The molecule has 0 unspecified atom stereocenters. The maximum Gasteiger partial charge on any atom is 0.273 e. The summed E-state index contributed by atoms with van der Waals surface area (Å²) in [5.74, 6) is -0.355. The number of rotatable bonds is 4. The van der Waals surface area contributed by atoms with E-state index in [9.17, 15) is 14.9 Å². The number of nitrogens with zero attached hydrogens (tertiary/aromatic N) is 1. The van der Waals surface area contributed by atoms with Gasteiger partial charge >= 0.3 is 0 Å². The zero-order valence-electron chi connectivity index (χ0n) is 11.9. The molecule has 1 N–H and O–H groups in total. The molecule has 0 aliphatic rings. The fourth-order valence-electron chi connectivity index (χ4n) is 2.02. The van der Waals surface area contributed by atoms with Gasteiger partial charge in [0.25, 0.3) is 11.6 Å². The molecule has 0 aliphatic carbocycles. The number of benzene rings is 2. The van der Waals surface area contributed by atoms with E-state index in [-0.39, 0.29) is 17.2 Å². The molecular formula is C16H16N2O3. The van der Waals surface area contributed by atoms with Crippen LogP contribution in [0.4, 0.5) is 11.4 Å². The van der Waals surface area contributed by atoms with Crippen LogP contribution < -0.4 is 5.32 Å². The fourth-order valence-corrected chi connectivity index (χ4v) is 2.02. The lowest BCUT2D eigenvalue weighted by atomic mass is 10.1. The van der Waals surface area contributed by atoms with Gasteiger partial charge in [0.05, 0.1) is 4.92 Å². The molecule has 1 amide bonds. The van der Waals surface area contributed by atoms with Gasteiger partial charge in [0.15, 0.2) is 0 Å². The summed E-state index contributed by atoms with van der Waals surface area (Å²) in [6, 6.07) is 12.0. The first-order valence-corrected chi connectivity index (χ1v) is 6.66. The lowest BCUT2D eigenvalue weighted by Crippen LogP contribution is -2.12. The van der Waals surface area contributed by atoms with Crippen molar-refractivity contribution in [1.82, 2.24) is 0 Å². The summed E-state index contributed by atoms with van der Waals surface area (Å²) < 4.78 is 0. The van der Waals surface area contributed by atoms with Gasteiger partial charge in [-0.2, -0.15) is 0 Å². The summed E-state index contributed by atoms with van der Waals surface area (Å²) >= 11 is 0. The smallest absolute Gasteiger partial charge is 0.273 e. The highest BCUT2D eigenvalue weighted by Gasteiger charge is 2.15. The third-order valence-electron chi connectivity index (χ3n) is 3.26. The van der Waals surface area contributed by atoms with E-state index in [0.717, 1.165) is 12.0 Å². The van der Waals surface area contributed by atoms with E-state index in [1.54, 1.807) is 25.1 Å². The Bertz CT molecular complexity index is 696. The predicted octanol–water partition coefficient (Wildman–Crippen LogP) is 3.72. The van der Waals surface area contributed by atoms with Crippen LogP contribution in [0.3, 0.4) is 0 Å². The number of nitro groups is 1. The van der Waals surface area contributed by atoms with Crippen LogP contribution in [-0.4, -0.2) is 10.8 Å². The molecule has 0 atom stereocenters. The van der Waals surface area contributed by atoms with Gasteiger partial charge in [-0.15, -0.1) is 0 Å². The third kappa shape index (κ3) is 3.45. The maximum atomic E-state index is 12.2. The van der Waals surface area contributed by atoms with Gasteiger partial charge < -0.3 is 5.32 Å². The number of amides is 1. The van der Waals surface area contributed by atoms with E-state index in [4.69, 9.17) is 0 Å². The average molecular weight is 284 g/mol. The number of hydrogen-bond donors (Lipinski definition) is 1. The molecule has 0 fully saturated rings. The normalized spacial score (nSPS) is 10.2. The Morgan fingerprint density at radius 1 is 1.24 bits per heavy atom. The summed E-state index contributed by atoms with van der Waals surface area (Å²) in [7, 11) is 0. The Kier molecular flexibility index (Phi) is 4.33. The molecule has 0 spiro atoms. The number of carbonyl (C=O) groups is 1. The molecule has 21 heavy (non-hydrogen) atoms. The summed E-state index contributed by atoms with van der Waals surface area (Å²) in [5, 5.41) is 13.7. The van der Waals surface area contributed by atoms with Crippen molar-refractivity contribution in [2.75, 3.05) is 5.32 Å². The van der Waals surface area contributed by atoms with Gasteiger partial charge in [-0.3, -0.25) is 14.9 Å². The Hall–Kier alpha value is -2.69. The zero-order valence-corrected chi connectivity index (χ0v) is 11.9. The topological polar surface area (TPSA) is 72.2 Å². The molecule has 0 saturated heterocycles.